The Morgan fingerprint density at radius 2 is 2.19 bits per heavy atom. The predicted octanol–water partition coefficient (Wildman–Crippen LogP) is 0.907. The molecule has 1 aromatic rings. The molecule has 5 heteroatoms. The Hall–Kier alpha value is -1.36. The highest BCUT2D eigenvalue weighted by Crippen LogP contribution is 2.10. The molecule has 2 N–H and O–H groups in total. The summed E-state index contributed by atoms with van der Waals surface area (Å²) in [6.07, 6.45) is 0.954. The molecule has 1 heterocycles. The molecule has 0 fully saturated rings. The van der Waals surface area contributed by atoms with Crippen molar-refractivity contribution in [1.82, 2.24) is 15.8 Å². The molecule has 0 aliphatic rings. The zero-order chi connectivity index (χ0) is 12.0. The van der Waals surface area contributed by atoms with Gasteiger partial charge in [0, 0.05) is 18.7 Å². The Bertz CT molecular complexity index is 327. The van der Waals surface area contributed by atoms with Gasteiger partial charge in [0.1, 0.15) is 5.76 Å². The van der Waals surface area contributed by atoms with Crippen LogP contribution in [0.4, 0.5) is 0 Å². The van der Waals surface area contributed by atoms with Crippen LogP contribution in [0.5, 0.6) is 0 Å². The van der Waals surface area contributed by atoms with Crippen LogP contribution >= 0.6 is 0 Å². The largest absolute Gasteiger partial charge is 0.361 e. The highest BCUT2D eigenvalue weighted by Gasteiger charge is 2.08. The summed E-state index contributed by atoms with van der Waals surface area (Å²) in [5.74, 6) is 0.826. The SMILES string of the molecule is CCCNC(=O)CNCc1c(C)noc1C. The van der Waals surface area contributed by atoms with Gasteiger partial charge in [-0.3, -0.25) is 4.79 Å². The smallest absolute Gasteiger partial charge is 0.233 e. The van der Waals surface area contributed by atoms with E-state index in [4.69, 9.17) is 4.52 Å². The summed E-state index contributed by atoms with van der Waals surface area (Å²) in [6, 6.07) is 0. The van der Waals surface area contributed by atoms with Gasteiger partial charge in [-0.2, -0.15) is 0 Å². The number of nitrogens with one attached hydrogen (secondary N) is 2. The van der Waals surface area contributed by atoms with Crippen molar-refractivity contribution in [3.8, 4) is 0 Å². The van der Waals surface area contributed by atoms with Gasteiger partial charge in [-0.15, -0.1) is 0 Å². The van der Waals surface area contributed by atoms with Crippen molar-refractivity contribution in [2.24, 2.45) is 0 Å². The molecule has 5 nitrogen and oxygen atoms in total. The van der Waals surface area contributed by atoms with Crippen molar-refractivity contribution >= 4 is 5.91 Å². The Morgan fingerprint density at radius 3 is 2.75 bits per heavy atom. The lowest BCUT2D eigenvalue weighted by Crippen LogP contribution is -2.34. The molecule has 0 bridgehead atoms. The molecule has 0 aliphatic heterocycles. The van der Waals surface area contributed by atoms with Crippen LogP contribution in [-0.2, 0) is 11.3 Å². The van der Waals surface area contributed by atoms with Crippen LogP contribution in [-0.4, -0.2) is 24.2 Å². The molecule has 0 atom stereocenters. The average molecular weight is 225 g/mol. The summed E-state index contributed by atoms with van der Waals surface area (Å²) < 4.78 is 5.03. The number of carbonyl (C=O) groups is 1. The van der Waals surface area contributed by atoms with E-state index in [1.807, 2.05) is 20.8 Å². The Kier molecular flexibility index (Phi) is 4.98. The molecule has 0 aliphatic carbocycles. The summed E-state index contributed by atoms with van der Waals surface area (Å²) >= 11 is 0. The minimum Gasteiger partial charge on any atom is -0.361 e. The molecule has 1 rings (SSSR count). The van der Waals surface area contributed by atoms with E-state index in [0.717, 1.165) is 30.0 Å². The van der Waals surface area contributed by atoms with Crippen LogP contribution in [0.1, 0.15) is 30.4 Å². The standard InChI is InChI=1S/C11H19N3O2/c1-4-5-13-11(15)7-12-6-10-8(2)14-16-9(10)3/h12H,4-7H2,1-3H3,(H,13,15). The monoisotopic (exact) mass is 225 g/mol. The number of nitrogens with zero attached hydrogens (tertiary/aromatic N) is 1. The van der Waals surface area contributed by atoms with Crippen LogP contribution in [0.15, 0.2) is 4.52 Å². The first-order chi connectivity index (χ1) is 7.65. The molecule has 0 saturated heterocycles. The molecular formula is C11H19N3O2. The maximum absolute atomic E-state index is 11.3. The zero-order valence-corrected chi connectivity index (χ0v) is 10.1. The third kappa shape index (κ3) is 3.66. The number of amides is 1. The first kappa shape index (κ1) is 12.7. The molecule has 1 amide bonds. The lowest BCUT2D eigenvalue weighted by atomic mass is 10.2. The lowest BCUT2D eigenvalue weighted by Gasteiger charge is -2.05. The summed E-state index contributed by atoms with van der Waals surface area (Å²) in [6.45, 7) is 7.45. The van der Waals surface area contributed by atoms with Gasteiger partial charge in [-0.1, -0.05) is 12.1 Å². The van der Waals surface area contributed by atoms with Crippen LogP contribution < -0.4 is 10.6 Å². The third-order valence-corrected chi connectivity index (χ3v) is 2.34. The Labute approximate surface area is 95.6 Å². The maximum Gasteiger partial charge on any atom is 0.233 e. The summed E-state index contributed by atoms with van der Waals surface area (Å²) in [5, 5.41) is 9.72. The fourth-order valence-electron chi connectivity index (χ4n) is 1.38. The second-order valence-corrected chi connectivity index (χ2v) is 3.76. The normalized spacial score (nSPS) is 10.4. The molecule has 0 radical (unpaired) electrons. The van der Waals surface area contributed by atoms with Crippen LogP contribution in [0.3, 0.4) is 0 Å². The van der Waals surface area contributed by atoms with Crippen molar-refractivity contribution in [1.29, 1.82) is 0 Å². The van der Waals surface area contributed by atoms with Gasteiger partial charge in [-0.25, -0.2) is 0 Å². The van der Waals surface area contributed by atoms with Crippen molar-refractivity contribution in [2.75, 3.05) is 13.1 Å². The van der Waals surface area contributed by atoms with E-state index < -0.39 is 0 Å². The fraction of sp³-hybridized carbons (Fsp3) is 0.636. The number of carbonyl (C=O) groups excluding carboxylic acids is 1. The van der Waals surface area contributed by atoms with Crippen molar-refractivity contribution in [3.05, 3.63) is 17.0 Å². The number of rotatable bonds is 6. The van der Waals surface area contributed by atoms with E-state index in [9.17, 15) is 4.79 Å². The summed E-state index contributed by atoms with van der Waals surface area (Å²) in [7, 11) is 0. The quantitative estimate of drug-likeness (QED) is 0.755. The van der Waals surface area contributed by atoms with Gasteiger partial charge >= 0.3 is 0 Å². The van der Waals surface area contributed by atoms with Gasteiger partial charge < -0.3 is 15.2 Å². The molecule has 90 valence electrons. The molecule has 0 unspecified atom stereocenters. The van der Waals surface area contributed by atoms with Crippen LogP contribution in [0.2, 0.25) is 0 Å². The number of hydrogen-bond donors (Lipinski definition) is 2. The number of hydrogen-bond acceptors (Lipinski definition) is 4. The van der Waals surface area contributed by atoms with Gasteiger partial charge in [0.15, 0.2) is 0 Å². The number of aryl methyl sites for hydroxylation is 2. The number of aromatic nitrogens is 1. The van der Waals surface area contributed by atoms with Crippen LogP contribution in [0, 0.1) is 13.8 Å². The van der Waals surface area contributed by atoms with E-state index in [1.165, 1.54) is 0 Å². The molecule has 16 heavy (non-hydrogen) atoms. The summed E-state index contributed by atoms with van der Waals surface area (Å²) in [5.41, 5.74) is 1.90. The van der Waals surface area contributed by atoms with E-state index >= 15 is 0 Å². The van der Waals surface area contributed by atoms with E-state index in [1.54, 1.807) is 0 Å². The molecular weight excluding hydrogens is 206 g/mol. The fourth-order valence-corrected chi connectivity index (χ4v) is 1.38. The second kappa shape index (κ2) is 6.27. The lowest BCUT2D eigenvalue weighted by molar-refractivity contribution is -0.120. The Balaban J connectivity index is 2.28. The molecule has 0 saturated carbocycles. The van der Waals surface area contributed by atoms with Crippen molar-refractivity contribution < 1.29 is 9.32 Å². The van der Waals surface area contributed by atoms with Gasteiger partial charge in [0.25, 0.3) is 0 Å². The van der Waals surface area contributed by atoms with E-state index in [2.05, 4.69) is 15.8 Å². The summed E-state index contributed by atoms with van der Waals surface area (Å²) in [4.78, 5) is 11.3. The van der Waals surface area contributed by atoms with Crippen LogP contribution in [0.25, 0.3) is 0 Å². The minimum absolute atomic E-state index is 0.0219. The molecule has 1 aromatic heterocycles. The highest BCUT2D eigenvalue weighted by molar-refractivity contribution is 5.77. The molecule has 0 aromatic carbocycles. The zero-order valence-electron chi connectivity index (χ0n) is 10.1. The topological polar surface area (TPSA) is 67.2 Å². The molecule has 0 spiro atoms. The predicted molar refractivity (Wildman–Crippen MR) is 61.0 cm³/mol. The van der Waals surface area contributed by atoms with E-state index in [-0.39, 0.29) is 5.91 Å². The highest BCUT2D eigenvalue weighted by atomic mass is 16.5. The third-order valence-electron chi connectivity index (χ3n) is 2.34. The van der Waals surface area contributed by atoms with Crippen molar-refractivity contribution in [2.45, 2.75) is 33.7 Å². The Morgan fingerprint density at radius 1 is 1.44 bits per heavy atom. The van der Waals surface area contributed by atoms with Gasteiger partial charge in [0.05, 0.1) is 12.2 Å². The second-order valence-electron chi connectivity index (χ2n) is 3.76. The van der Waals surface area contributed by atoms with Gasteiger partial charge in [0.2, 0.25) is 5.91 Å². The van der Waals surface area contributed by atoms with Gasteiger partial charge in [-0.05, 0) is 20.3 Å². The van der Waals surface area contributed by atoms with E-state index in [0.29, 0.717) is 13.1 Å². The maximum atomic E-state index is 11.3. The first-order valence-electron chi connectivity index (χ1n) is 5.54. The first-order valence-corrected chi connectivity index (χ1v) is 5.54. The average Bonchev–Trinajstić information content (AvgIpc) is 2.57. The minimum atomic E-state index is 0.0219. The van der Waals surface area contributed by atoms with Crippen molar-refractivity contribution in [3.63, 3.8) is 0 Å².